The molecule has 3 N–H and O–H groups in total. The van der Waals surface area contributed by atoms with Gasteiger partial charge in [0, 0.05) is 38.7 Å². The predicted octanol–water partition coefficient (Wildman–Crippen LogP) is 1.92. The smallest absolute Gasteiger partial charge is 0.129 e. The first-order valence-electron chi connectivity index (χ1n) is 7.23. The Kier molecular flexibility index (Phi) is 5.64. The van der Waals surface area contributed by atoms with Crippen LogP contribution in [0.5, 0.6) is 0 Å². The number of hydrogen-bond donors (Lipinski definition) is 2. The van der Waals surface area contributed by atoms with Gasteiger partial charge in [-0.15, -0.1) is 0 Å². The van der Waals surface area contributed by atoms with Crippen LogP contribution in [-0.4, -0.2) is 31.5 Å². The number of nitrogens with one attached hydrogen (secondary N) is 1. The number of hydrogen-bond acceptors (Lipinski definition) is 4. The van der Waals surface area contributed by atoms with E-state index in [2.05, 4.69) is 5.43 Å². The van der Waals surface area contributed by atoms with Gasteiger partial charge in [-0.25, -0.2) is 8.78 Å². The van der Waals surface area contributed by atoms with Crippen LogP contribution < -0.4 is 11.3 Å². The molecule has 1 saturated heterocycles. The molecule has 1 aliphatic heterocycles. The van der Waals surface area contributed by atoms with Gasteiger partial charge in [-0.3, -0.25) is 11.3 Å². The van der Waals surface area contributed by atoms with Crippen molar-refractivity contribution < 1.29 is 18.3 Å². The Labute approximate surface area is 123 Å². The molecule has 1 heterocycles. The molecule has 1 unspecified atom stereocenters. The molecule has 0 aromatic heterocycles. The molecule has 4 nitrogen and oxygen atoms in total. The van der Waals surface area contributed by atoms with Crippen molar-refractivity contribution in [2.24, 2.45) is 5.84 Å². The fourth-order valence-corrected chi connectivity index (χ4v) is 2.90. The topological polar surface area (TPSA) is 56.5 Å². The maximum atomic E-state index is 13.9. The van der Waals surface area contributed by atoms with E-state index in [4.69, 9.17) is 15.3 Å². The van der Waals surface area contributed by atoms with Crippen LogP contribution in [0, 0.1) is 11.6 Å². The number of ether oxygens (including phenoxy) is 2. The fraction of sp³-hybridized carbons (Fsp3) is 0.600. The largest absolute Gasteiger partial charge is 0.381 e. The van der Waals surface area contributed by atoms with Gasteiger partial charge < -0.3 is 9.47 Å². The average molecular weight is 300 g/mol. The van der Waals surface area contributed by atoms with Gasteiger partial charge in [0.25, 0.3) is 0 Å². The second-order valence-corrected chi connectivity index (χ2v) is 5.27. The van der Waals surface area contributed by atoms with E-state index < -0.39 is 17.2 Å². The molecule has 1 aliphatic rings. The minimum Gasteiger partial charge on any atom is -0.381 e. The van der Waals surface area contributed by atoms with Gasteiger partial charge in [0.1, 0.15) is 11.6 Å². The Morgan fingerprint density at radius 3 is 2.67 bits per heavy atom. The first-order valence-corrected chi connectivity index (χ1v) is 7.23. The Balaban J connectivity index is 2.20. The van der Waals surface area contributed by atoms with Crippen molar-refractivity contribution in [1.82, 2.24) is 5.43 Å². The van der Waals surface area contributed by atoms with Gasteiger partial charge in [0.2, 0.25) is 0 Å². The maximum Gasteiger partial charge on any atom is 0.129 e. The third kappa shape index (κ3) is 3.77. The van der Waals surface area contributed by atoms with Crippen molar-refractivity contribution in [2.75, 3.05) is 19.8 Å². The van der Waals surface area contributed by atoms with Crippen molar-refractivity contribution in [3.05, 3.63) is 35.4 Å². The van der Waals surface area contributed by atoms with E-state index in [0.717, 1.165) is 6.07 Å². The van der Waals surface area contributed by atoms with Crippen LogP contribution >= 0.6 is 0 Å². The number of halogens is 2. The molecule has 0 bridgehead atoms. The molecule has 2 rings (SSSR count). The summed E-state index contributed by atoms with van der Waals surface area (Å²) < 4.78 is 38.2. The fourth-order valence-electron chi connectivity index (χ4n) is 2.90. The maximum absolute atomic E-state index is 13.9. The van der Waals surface area contributed by atoms with E-state index in [-0.39, 0.29) is 6.04 Å². The summed E-state index contributed by atoms with van der Waals surface area (Å²) >= 11 is 0. The highest BCUT2D eigenvalue weighted by Gasteiger charge is 2.41. The monoisotopic (exact) mass is 300 g/mol. The summed E-state index contributed by atoms with van der Waals surface area (Å²) in [6.45, 7) is 3.64. The van der Waals surface area contributed by atoms with Gasteiger partial charge in [-0.1, -0.05) is 6.07 Å². The zero-order chi connectivity index (χ0) is 15.3. The first kappa shape index (κ1) is 16.3. The highest BCUT2D eigenvalue weighted by molar-refractivity contribution is 5.20. The molecule has 0 radical (unpaired) electrons. The Morgan fingerprint density at radius 2 is 2.10 bits per heavy atom. The lowest BCUT2D eigenvalue weighted by Gasteiger charge is -2.42. The molecule has 1 aromatic rings. The van der Waals surface area contributed by atoms with Gasteiger partial charge in [0.15, 0.2) is 0 Å². The molecule has 1 atom stereocenters. The summed E-state index contributed by atoms with van der Waals surface area (Å²) in [6.07, 6.45) is 1.72. The summed E-state index contributed by atoms with van der Waals surface area (Å²) in [5.41, 5.74) is 2.68. The number of hydrazine groups is 1. The average Bonchev–Trinajstić information content (AvgIpc) is 2.47. The second-order valence-electron chi connectivity index (χ2n) is 5.27. The molecule has 0 saturated carbocycles. The summed E-state index contributed by atoms with van der Waals surface area (Å²) in [6, 6.07) is 3.33. The summed E-state index contributed by atoms with van der Waals surface area (Å²) in [7, 11) is 0. The quantitative estimate of drug-likeness (QED) is 0.622. The SMILES string of the molecule is CCOC1(C(Cc2ccc(F)cc2F)NN)CCOCC1. The van der Waals surface area contributed by atoms with Gasteiger partial charge in [0.05, 0.1) is 11.6 Å². The van der Waals surface area contributed by atoms with E-state index in [1.165, 1.54) is 12.1 Å². The molecule has 0 spiro atoms. The number of rotatable bonds is 6. The molecule has 21 heavy (non-hydrogen) atoms. The van der Waals surface area contributed by atoms with Crippen molar-refractivity contribution in [2.45, 2.75) is 37.8 Å². The Hall–Kier alpha value is -1.08. The number of nitrogens with two attached hydrogens (primary N) is 1. The molecule has 1 fully saturated rings. The molecule has 0 aliphatic carbocycles. The second kappa shape index (κ2) is 7.26. The van der Waals surface area contributed by atoms with Crippen LogP contribution in [0.25, 0.3) is 0 Å². The molecule has 0 amide bonds. The Bertz CT molecular complexity index is 459. The van der Waals surface area contributed by atoms with E-state index in [0.29, 0.717) is 44.6 Å². The lowest BCUT2D eigenvalue weighted by Crippen LogP contribution is -2.58. The zero-order valence-electron chi connectivity index (χ0n) is 12.2. The third-order valence-corrected chi connectivity index (χ3v) is 4.05. The van der Waals surface area contributed by atoms with E-state index in [1.54, 1.807) is 0 Å². The summed E-state index contributed by atoms with van der Waals surface area (Å²) in [4.78, 5) is 0. The zero-order valence-corrected chi connectivity index (χ0v) is 12.2. The van der Waals surface area contributed by atoms with E-state index in [1.807, 2.05) is 6.92 Å². The summed E-state index contributed by atoms with van der Waals surface area (Å²) in [5.74, 6) is 4.53. The van der Waals surface area contributed by atoms with Crippen molar-refractivity contribution in [3.8, 4) is 0 Å². The van der Waals surface area contributed by atoms with E-state index in [9.17, 15) is 8.78 Å². The van der Waals surface area contributed by atoms with Crippen LogP contribution in [0.2, 0.25) is 0 Å². The van der Waals surface area contributed by atoms with Gasteiger partial charge in [-0.2, -0.15) is 0 Å². The normalized spacial score (nSPS) is 19.4. The standard InChI is InChI=1S/C15H22F2N2O2/c1-2-21-15(5-7-20-8-6-15)14(19-18)9-11-3-4-12(16)10-13(11)17/h3-4,10,14,19H,2,5-9,18H2,1H3. The lowest BCUT2D eigenvalue weighted by molar-refractivity contribution is -0.126. The minimum atomic E-state index is -0.584. The molecule has 118 valence electrons. The first-order chi connectivity index (χ1) is 10.1. The third-order valence-electron chi connectivity index (χ3n) is 4.05. The van der Waals surface area contributed by atoms with E-state index >= 15 is 0 Å². The van der Waals surface area contributed by atoms with Crippen molar-refractivity contribution >= 4 is 0 Å². The number of benzene rings is 1. The highest BCUT2D eigenvalue weighted by Crippen LogP contribution is 2.31. The van der Waals surface area contributed by atoms with Gasteiger partial charge in [-0.05, 0) is 25.0 Å². The predicted molar refractivity (Wildman–Crippen MR) is 75.6 cm³/mol. The molecular weight excluding hydrogens is 278 g/mol. The highest BCUT2D eigenvalue weighted by atomic mass is 19.1. The molecule has 1 aromatic carbocycles. The van der Waals surface area contributed by atoms with Crippen LogP contribution in [0.1, 0.15) is 25.3 Å². The lowest BCUT2D eigenvalue weighted by atomic mass is 9.83. The van der Waals surface area contributed by atoms with Crippen molar-refractivity contribution in [1.29, 1.82) is 0 Å². The summed E-state index contributed by atoms with van der Waals surface area (Å²) in [5, 5.41) is 0. The Morgan fingerprint density at radius 1 is 1.38 bits per heavy atom. The molecule has 6 heteroatoms. The van der Waals surface area contributed by atoms with Gasteiger partial charge >= 0.3 is 0 Å². The molecular formula is C15H22F2N2O2. The van der Waals surface area contributed by atoms with Crippen LogP contribution in [0.3, 0.4) is 0 Å². The van der Waals surface area contributed by atoms with Crippen LogP contribution in [-0.2, 0) is 15.9 Å². The van der Waals surface area contributed by atoms with Crippen molar-refractivity contribution in [3.63, 3.8) is 0 Å². The minimum absolute atomic E-state index is 0.263. The van der Waals surface area contributed by atoms with Crippen LogP contribution in [0.4, 0.5) is 8.78 Å². The van der Waals surface area contributed by atoms with Crippen LogP contribution in [0.15, 0.2) is 18.2 Å².